The molecule has 5 nitrogen and oxygen atoms in total. The molecule has 17 heavy (non-hydrogen) atoms. The van der Waals surface area contributed by atoms with E-state index in [0.717, 1.165) is 6.54 Å². The fourth-order valence-electron chi connectivity index (χ4n) is 1.17. The minimum Gasteiger partial charge on any atom is -0.356 e. The molecule has 0 spiro atoms. The lowest BCUT2D eigenvalue weighted by molar-refractivity contribution is -0.122. The van der Waals surface area contributed by atoms with E-state index in [2.05, 4.69) is 16.0 Å². The number of hydrogen-bond donors (Lipinski definition) is 3. The molecule has 0 bridgehead atoms. The summed E-state index contributed by atoms with van der Waals surface area (Å²) in [6.45, 7) is 5.77. The molecule has 0 atom stereocenters. The van der Waals surface area contributed by atoms with Gasteiger partial charge in [-0.3, -0.25) is 9.59 Å². The fourth-order valence-corrected chi connectivity index (χ4v) is 1.17. The SMILES string of the molecule is CNCCNC(=O)CCNC(=O)CC(C)C.Cl. The summed E-state index contributed by atoms with van der Waals surface area (Å²) >= 11 is 0. The Balaban J connectivity index is 0. The Morgan fingerprint density at radius 2 is 1.59 bits per heavy atom. The zero-order valence-corrected chi connectivity index (χ0v) is 11.7. The predicted octanol–water partition coefficient (Wildman–Crippen LogP) is 0.296. The van der Waals surface area contributed by atoms with Gasteiger partial charge in [0.25, 0.3) is 0 Å². The van der Waals surface area contributed by atoms with Gasteiger partial charge in [-0.15, -0.1) is 12.4 Å². The normalized spacial score (nSPS) is 9.65. The van der Waals surface area contributed by atoms with Gasteiger partial charge in [0.2, 0.25) is 11.8 Å². The summed E-state index contributed by atoms with van der Waals surface area (Å²) < 4.78 is 0. The van der Waals surface area contributed by atoms with Crippen LogP contribution in [0.3, 0.4) is 0 Å². The topological polar surface area (TPSA) is 70.2 Å². The third-order valence-electron chi connectivity index (χ3n) is 1.97. The molecule has 0 fully saturated rings. The highest BCUT2D eigenvalue weighted by atomic mass is 35.5. The van der Waals surface area contributed by atoms with E-state index < -0.39 is 0 Å². The monoisotopic (exact) mass is 265 g/mol. The first-order valence-corrected chi connectivity index (χ1v) is 5.74. The maximum atomic E-state index is 11.2. The fraction of sp³-hybridized carbons (Fsp3) is 0.818. The van der Waals surface area contributed by atoms with Crippen LogP contribution in [0.5, 0.6) is 0 Å². The first-order valence-electron chi connectivity index (χ1n) is 5.74. The molecule has 0 aliphatic rings. The average molecular weight is 266 g/mol. The Labute approximate surface area is 110 Å². The van der Waals surface area contributed by atoms with Crippen molar-refractivity contribution in [1.29, 1.82) is 0 Å². The Hall–Kier alpha value is -0.810. The summed E-state index contributed by atoms with van der Waals surface area (Å²) in [6.07, 6.45) is 0.856. The molecule has 6 heteroatoms. The van der Waals surface area contributed by atoms with Gasteiger partial charge in [-0.25, -0.2) is 0 Å². The van der Waals surface area contributed by atoms with Crippen LogP contribution in [-0.2, 0) is 9.59 Å². The molecular weight excluding hydrogens is 242 g/mol. The number of likely N-dealkylation sites (N-methyl/N-ethyl adjacent to an activating group) is 1. The Morgan fingerprint density at radius 1 is 1.00 bits per heavy atom. The molecule has 0 aromatic heterocycles. The molecule has 2 amide bonds. The minimum atomic E-state index is -0.0277. The van der Waals surface area contributed by atoms with E-state index in [1.54, 1.807) is 0 Å². The van der Waals surface area contributed by atoms with Crippen LogP contribution in [0.2, 0.25) is 0 Å². The van der Waals surface area contributed by atoms with Crippen molar-refractivity contribution in [3.05, 3.63) is 0 Å². The van der Waals surface area contributed by atoms with Gasteiger partial charge in [-0.1, -0.05) is 13.8 Å². The molecule has 0 aromatic rings. The van der Waals surface area contributed by atoms with Crippen LogP contribution >= 0.6 is 12.4 Å². The molecule has 3 N–H and O–H groups in total. The van der Waals surface area contributed by atoms with E-state index in [-0.39, 0.29) is 24.2 Å². The second-order valence-corrected chi connectivity index (χ2v) is 4.15. The molecule has 0 aliphatic heterocycles. The number of carbonyl (C=O) groups excluding carboxylic acids is 2. The zero-order valence-electron chi connectivity index (χ0n) is 10.8. The summed E-state index contributed by atoms with van der Waals surface area (Å²) in [5.41, 5.74) is 0. The molecule has 0 saturated heterocycles. The molecule has 0 unspecified atom stereocenters. The first kappa shape index (κ1) is 18.6. The second-order valence-electron chi connectivity index (χ2n) is 4.15. The van der Waals surface area contributed by atoms with Gasteiger partial charge in [0.15, 0.2) is 0 Å². The number of carbonyl (C=O) groups is 2. The van der Waals surface area contributed by atoms with Crippen LogP contribution in [0.15, 0.2) is 0 Å². The van der Waals surface area contributed by atoms with Gasteiger partial charge in [0.1, 0.15) is 0 Å². The number of hydrogen-bond acceptors (Lipinski definition) is 3. The number of amides is 2. The highest BCUT2D eigenvalue weighted by Gasteiger charge is 2.05. The third-order valence-corrected chi connectivity index (χ3v) is 1.97. The summed E-state index contributed by atoms with van der Waals surface area (Å²) in [5, 5.41) is 8.40. The summed E-state index contributed by atoms with van der Waals surface area (Å²) in [4.78, 5) is 22.5. The predicted molar refractivity (Wildman–Crippen MR) is 71.3 cm³/mol. The third kappa shape index (κ3) is 13.1. The number of nitrogens with one attached hydrogen (secondary N) is 3. The summed E-state index contributed by atoms with van der Waals surface area (Å²) in [6, 6.07) is 0. The van der Waals surface area contributed by atoms with Crippen molar-refractivity contribution in [2.24, 2.45) is 5.92 Å². The lowest BCUT2D eigenvalue weighted by atomic mass is 10.1. The minimum absolute atomic E-state index is 0. The molecule has 0 aliphatic carbocycles. The highest BCUT2D eigenvalue weighted by Crippen LogP contribution is 1.97. The first-order chi connectivity index (χ1) is 7.56. The molecule has 0 heterocycles. The zero-order chi connectivity index (χ0) is 12.4. The summed E-state index contributed by atoms with van der Waals surface area (Å²) in [5.74, 6) is 0.336. The van der Waals surface area contributed by atoms with Crippen molar-refractivity contribution in [2.45, 2.75) is 26.7 Å². The maximum absolute atomic E-state index is 11.2. The average Bonchev–Trinajstić information content (AvgIpc) is 2.17. The smallest absolute Gasteiger partial charge is 0.221 e. The van der Waals surface area contributed by atoms with E-state index in [1.807, 2.05) is 20.9 Å². The van der Waals surface area contributed by atoms with Crippen molar-refractivity contribution >= 4 is 24.2 Å². The van der Waals surface area contributed by atoms with Crippen molar-refractivity contribution in [2.75, 3.05) is 26.7 Å². The van der Waals surface area contributed by atoms with Crippen molar-refractivity contribution < 1.29 is 9.59 Å². The largest absolute Gasteiger partial charge is 0.356 e. The van der Waals surface area contributed by atoms with E-state index in [1.165, 1.54) is 0 Å². The van der Waals surface area contributed by atoms with Crippen LogP contribution in [-0.4, -0.2) is 38.5 Å². The second kappa shape index (κ2) is 11.7. The lowest BCUT2D eigenvalue weighted by Crippen LogP contribution is -2.34. The van der Waals surface area contributed by atoms with Crippen molar-refractivity contribution in [3.8, 4) is 0 Å². The molecule has 0 rings (SSSR count). The Bertz CT molecular complexity index is 223. The highest BCUT2D eigenvalue weighted by molar-refractivity contribution is 5.85. The van der Waals surface area contributed by atoms with E-state index in [4.69, 9.17) is 0 Å². The number of halogens is 1. The van der Waals surface area contributed by atoms with Gasteiger partial charge in [0.05, 0.1) is 0 Å². The van der Waals surface area contributed by atoms with E-state index >= 15 is 0 Å². The number of rotatable bonds is 8. The molecule has 0 radical (unpaired) electrons. The van der Waals surface area contributed by atoms with Gasteiger partial charge in [0, 0.05) is 32.5 Å². The molecule has 0 saturated carbocycles. The van der Waals surface area contributed by atoms with Crippen LogP contribution in [0.25, 0.3) is 0 Å². The lowest BCUT2D eigenvalue weighted by Gasteiger charge is -2.07. The van der Waals surface area contributed by atoms with Crippen LogP contribution in [0, 0.1) is 5.92 Å². The Kier molecular flexibility index (Phi) is 12.7. The summed E-state index contributed by atoms with van der Waals surface area (Å²) in [7, 11) is 1.83. The molecule has 0 aromatic carbocycles. The van der Waals surface area contributed by atoms with Gasteiger partial charge in [-0.05, 0) is 13.0 Å². The van der Waals surface area contributed by atoms with Crippen LogP contribution < -0.4 is 16.0 Å². The quantitative estimate of drug-likeness (QED) is 0.553. The van der Waals surface area contributed by atoms with Crippen molar-refractivity contribution in [3.63, 3.8) is 0 Å². The Morgan fingerprint density at radius 3 is 2.12 bits per heavy atom. The standard InChI is InChI=1S/C11H23N3O2.ClH/c1-9(2)8-11(16)13-5-4-10(15)14-7-6-12-3;/h9,12H,4-8H2,1-3H3,(H,13,16)(H,14,15);1H. The molecule has 102 valence electrons. The van der Waals surface area contributed by atoms with Crippen LogP contribution in [0.4, 0.5) is 0 Å². The van der Waals surface area contributed by atoms with Gasteiger partial charge < -0.3 is 16.0 Å². The van der Waals surface area contributed by atoms with Gasteiger partial charge in [-0.2, -0.15) is 0 Å². The maximum Gasteiger partial charge on any atom is 0.221 e. The van der Waals surface area contributed by atoms with Crippen molar-refractivity contribution in [1.82, 2.24) is 16.0 Å². The van der Waals surface area contributed by atoms with E-state index in [0.29, 0.717) is 31.8 Å². The van der Waals surface area contributed by atoms with Gasteiger partial charge >= 0.3 is 0 Å². The van der Waals surface area contributed by atoms with Crippen LogP contribution in [0.1, 0.15) is 26.7 Å². The van der Waals surface area contributed by atoms with E-state index in [9.17, 15) is 9.59 Å². The molecular formula is C11H24ClN3O2.